The third kappa shape index (κ3) is 32.9. The molecule has 0 saturated carbocycles. The molecule has 37 nitrogen and oxygen atoms in total. The summed E-state index contributed by atoms with van der Waals surface area (Å²) in [6.07, 6.45) is -2.95. The summed E-state index contributed by atoms with van der Waals surface area (Å²) >= 11 is 0. The number of aliphatic hydroxyl groups is 2. The maximum absolute atomic E-state index is 16.4. The molecule has 1 aromatic heterocycles. The number of nitrogens with one attached hydrogen (secondary N) is 12. The van der Waals surface area contributed by atoms with Crippen LogP contribution >= 0.6 is 21.6 Å². The van der Waals surface area contributed by atoms with Crippen molar-refractivity contribution in [1.82, 2.24) is 63.5 Å². The number of hydrogen-bond donors (Lipinski definition) is 20. The Morgan fingerprint density at radius 1 is 0.622 bits per heavy atom. The van der Waals surface area contributed by atoms with E-state index in [1.54, 1.807) is 69.4 Å². The highest BCUT2D eigenvalue weighted by molar-refractivity contribution is 8.77. The van der Waals surface area contributed by atoms with Crippen molar-refractivity contribution in [2.24, 2.45) is 51.7 Å². The van der Waals surface area contributed by atoms with Crippen LogP contribution in [0.3, 0.4) is 0 Å². The standard InChI is InChI=1S/C88H128N18O19S2/c1-48-19-17-22-61-59(46-97-72(48)61)41-65-80(119)99-63(24-18-35-96-85(94)124)79(118)106-74(86(6,7)126-127-87(8,9)75(98-52(5)110)83(122)102-66(44-71(92)114)81(120)105-73(50(3)108)82(121)101-65)69(112)43-58(38-53-26-29-60(30-27-53)125-36-33-90)78(117)100-64(40-54-25-28-55-20-11-12-21-56(55)39-54)70(113)45-88(10,31-14-15-32-89)84(123)104-62(23-13-16-34-95-51(4)109)68(111)42-57(37-49(2)91)77(116)103-67(47-107)76(93)115/h11-12,17,19-22,25-30,39,46,49-50,57-58,62-67,73-75,97,107-108H,13-16,18,23-24,31-38,40-45,47,89-91H2,1-10H3,(H2,92,114)(H2,93,115)(H,95,109)(H,98,110)(H,99,119)(H,100,117)(H,101,121)(H,102,122)(H,103,116)(H,104,123)(H,105,120)(H,106,118)(H3,94,96,124)/t49?,50-,57-,58-,62+,63+,64+,65+,66+,67-,73+,74-,75-,88-/m1/s1. The molecule has 1 aliphatic rings. The summed E-state index contributed by atoms with van der Waals surface area (Å²) < 4.78 is 2.67. The maximum Gasteiger partial charge on any atom is 0.312 e. The molecule has 127 heavy (non-hydrogen) atoms. The van der Waals surface area contributed by atoms with Gasteiger partial charge in [-0.1, -0.05) is 108 Å². The van der Waals surface area contributed by atoms with Crippen LogP contribution in [0.1, 0.15) is 168 Å². The van der Waals surface area contributed by atoms with E-state index in [9.17, 15) is 58.2 Å². The van der Waals surface area contributed by atoms with Gasteiger partial charge in [0.15, 0.2) is 17.3 Å². The van der Waals surface area contributed by atoms with Gasteiger partial charge in [0.2, 0.25) is 70.9 Å². The third-order valence-electron chi connectivity index (χ3n) is 22.0. The Labute approximate surface area is 746 Å². The van der Waals surface area contributed by atoms with Crippen molar-refractivity contribution in [1.29, 1.82) is 0 Å². The van der Waals surface area contributed by atoms with E-state index in [0.29, 0.717) is 46.2 Å². The Hall–Kier alpha value is -11.1. The van der Waals surface area contributed by atoms with Gasteiger partial charge in [0.1, 0.15) is 54.6 Å². The lowest BCUT2D eigenvalue weighted by Crippen LogP contribution is -2.63. The van der Waals surface area contributed by atoms with Crippen LogP contribution in [0.15, 0.2) is 91.1 Å². The second-order valence-electron chi connectivity index (χ2n) is 34.0. The van der Waals surface area contributed by atoms with E-state index in [2.05, 4.69) is 63.5 Å². The van der Waals surface area contributed by atoms with Gasteiger partial charge in [-0.3, -0.25) is 71.9 Å². The van der Waals surface area contributed by atoms with Gasteiger partial charge < -0.3 is 113 Å². The summed E-state index contributed by atoms with van der Waals surface area (Å²) in [6, 6.07) is 8.23. The van der Waals surface area contributed by atoms with Crippen molar-refractivity contribution in [2.75, 3.05) is 39.4 Å². The molecule has 0 spiro atoms. The first-order valence-electron chi connectivity index (χ1n) is 42.6. The number of primary amides is 3. The fraction of sp³-hybridized carbons (Fsp3) is 0.545. The first-order chi connectivity index (χ1) is 59.9. The number of aliphatic hydroxyl groups excluding tert-OH is 2. The minimum Gasteiger partial charge on any atom is -0.492 e. The average molecular weight is 1810 g/mol. The van der Waals surface area contributed by atoms with Crippen LogP contribution in [-0.4, -0.2) is 225 Å². The first-order valence-corrected chi connectivity index (χ1v) is 44.8. The fourth-order valence-electron chi connectivity index (χ4n) is 14.9. The summed E-state index contributed by atoms with van der Waals surface area (Å²) in [5.41, 5.74) is 35.9. The van der Waals surface area contributed by atoms with Gasteiger partial charge in [0.05, 0.1) is 36.6 Å². The molecule has 14 atom stereocenters. The molecule has 696 valence electrons. The van der Waals surface area contributed by atoms with Crippen LogP contribution in [0.25, 0.3) is 21.7 Å². The minimum atomic E-state index is -1.93. The number of benzene rings is 4. The summed E-state index contributed by atoms with van der Waals surface area (Å²) in [4.78, 5) is 234. The molecule has 4 aromatic carbocycles. The van der Waals surface area contributed by atoms with Crippen LogP contribution < -0.4 is 97.6 Å². The summed E-state index contributed by atoms with van der Waals surface area (Å²) in [7, 11) is 1.87. The largest absolute Gasteiger partial charge is 0.492 e. The molecule has 39 heteroatoms. The van der Waals surface area contributed by atoms with Crippen molar-refractivity contribution >= 4 is 138 Å². The van der Waals surface area contributed by atoms with Crippen LogP contribution in [-0.2, 0) is 91.2 Å². The van der Waals surface area contributed by atoms with E-state index in [1.165, 1.54) is 27.7 Å². The van der Waals surface area contributed by atoms with Crippen molar-refractivity contribution in [3.8, 4) is 5.75 Å². The molecule has 1 unspecified atom stereocenters. The monoisotopic (exact) mass is 1800 g/mol. The lowest BCUT2D eigenvalue weighted by molar-refractivity contribution is -0.139. The number of carbonyl (C=O) groups excluding carboxylic acids is 16. The Kier molecular flexibility index (Phi) is 41.1. The molecule has 5 aromatic rings. The van der Waals surface area contributed by atoms with Gasteiger partial charge in [-0.05, 0) is 164 Å². The molecule has 0 bridgehead atoms. The SMILES string of the molecule is CC(=O)NCCCC[C@H](NC(=O)[C@](C)(CCCCN)CC(=O)[C@H](Cc1ccc2ccccc2c1)NC(=O)[C@@H](CC(=O)[C@H]1NC(=O)[C@H](CCCNC(N)=O)NC(=O)[C@H](Cc2c[nH]c3c(C)cccc23)NC(=O)[C@H]([C@@H](C)O)NC(=O)[C@H](CC(N)=O)NC(=O)[C@@H](NC(C)=O)C(C)(C)SSC1(C)C)Cc1ccc(OCCN)cc1)C(=O)C[C@@H](CC(C)N)C(=O)N[C@H](CO)C(N)=O. The zero-order valence-electron chi connectivity index (χ0n) is 73.8. The maximum atomic E-state index is 16.4. The number of para-hydroxylation sites is 1. The van der Waals surface area contributed by atoms with E-state index in [-0.39, 0.29) is 103 Å². The number of rotatable bonds is 45. The summed E-state index contributed by atoms with van der Waals surface area (Å²) in [6.45, 7) is 14.4. The number of fused-ring (bicyclic) bond motifs is 2. The summed E-state index contributed by atoms with van der Waals surface area (Å²) in [5.74, 6) is -15.6. The Bertz CT molecular complexity index is 4700. The van der Waals surface area contributed by atoms with E-state index in [1.807, 2.05) is 49.4 Å². The molecule has 2 heterocycles. The lowest BCUT2D eigenvalue weighted by atomic mass is 9.77. The average Bonchev–Trinajstić information content (AvgIpc) is 1.56. The number of aryl methyl sites for hydroxylation is 1. The molecular formula is C88H128N18O19S2. The molecule has 0 radical (unpaired) electrons. The number of aromatic amines is 1. The third-order valence-corrected chi connectivity index (χ3v) is 26.3. The molecule has 0 aliphatic carbocycles. The van der Waals surface area contributed by atoms with E-state index >= 15 is 28.8 Å². The van der Waals surface area contributed by atoms with Gasteiger partial charge in [0.25, 0.3) is 0 Å². The minimum absolute atomic E-state index is 0.00987. The zero-order chi connectivity index (χ0) is 94.2. The number of carbonyl (C=O) groups is 16. The normalized spacial score (nSPS) is 19.8. The van der Waals surface area contributed by atoms with Gasteiger partial charge in [-0.2, -0.15) is 0 Å². The highest BCUT2D eigenvalue weighted by Gasteiger charge is 2.47. The topological polar surface area (TPSA) is 627 Å². The smallest absolute Gasteiger partial charge is 0.312 e. The number of Topliss-reactive ketones (excluding diaryl/α,β-unsaturated/α-hetero) is 3. The number of urea groups is 1. The number of unbranched alkanes of at least 4 members (excludes halogenated alkanes) is 2. The number of hydrogen-bond acceptors (Lipinski definition) is 24. The zero-order valence-corrected chi connectivity index (χ0v) is 75.5. The van der Waals surface area contributed by atoms with E-state index in [4.69, 9.17) is 39.1 Å². The van der Waals surface area contributed by atoms with E-state index in [0.717, 1.165) is 51.8 Å². The van der Waals surface area contributed by atoms with Crippen LogP contribution in [0.2, 0.25) is 0 Å². The first kappa shape index (κ1) is 105. The number of ketones is 3. The number of amides is 14. The van der Waals surface area contributed by atoms with E-state index < -0.39 is 214 Å². The molecule has 6 rings (SSSR count). The Morgan fingerprint density at radius 2 is 1.25 bits per heavy atom. The van der Waals surface area contributed by atoms with Gasteiger partial charge in [-0.15, -0.1) is 0 Å². The second-order valence-corrected chi connectivity index (χ2v) is 37.4. The molecule has 1 fully saturated rings. The number of H-pyrrole nitrogens is 1. The predicted octanol–water partition coefficient (Wildman–Crippen LogP) is 0.802. The van der Waals surface area contributed by atoms with Crippen LogP contribution in [0.5, 0.6) is 5.75 Å². The molecule has 1 saturated heterocycles. The highest BCUT2D eigenvalue weighted by atomic mass is 33.1. The Balaban J connectivity index is 1.54. The molecule has 14 amide bonds. The van der Waals surface area contributed by atoms with Gasteiger partial charge in [-0.25, -0.2) is 4.79 Å². The van der Waals surface area contributed by atoms with Crippen molar-refractivity contribution in [2.45, 2.75) is 248 Å². The predicted molar refractivity (Wildman–Crippen MR) is 482 cm³/mol. The summed E-state index contributed by atoms with van der Waals surface area (Å²) in [5, 5.41) is 52.6. The van der Waals surface area contributed by atoms with Crippen molar-refractivity contribution in [3.05, 3.63) is 113 Å². The number of aromatic nitrogens is 1. The second kappa shape index (κ2) is 49.9. The highest BCUT2D eigenvalue weighted by Crippen LogP contribution is 2.47. The van der Waals surface area contributed by atoms with Crippen molar-refractivity contribution in [3.63, 3.8) is 0 Å². The van der Waals surface area contributed by atoms with Crippen LogP contribution in [0.4, 0.5) is 4.79 Å². The molecule has 26 N–H and O–H groups in total. The quantitative estimate of drug-likeness (QED) is 0.0189. The fourth-order valence-corrected chi connectivity index (χ4v) is 17.8. The lowest BCUT2D eigenvalue weighted by Gasteiger charge is -2.39. The van der Waals surface area contributed by atoms with Gasteiger partial charge >= 0.3 is 6.03 Å². The Morgan fingerprint density at radius 3 is 1.88 bits per heavy atom. The van der Waals surface area contributed by atoms with Crippen LogP contribution in [0, 0.1) is 24.2 Å². The van der Waals surface area contributed by atoms with Gasteiger partial charge in [0, 0.05) is 104 Å². The van der Waals surface area contributed by atoms with Crippen molar-refractivity contribution < 1.29 is 91.7 Å². The number of nitrogens with two attached hydrogens (primary N) is 6. The number of ether oxygens (including phenoxy) is 1. The molecular weight excluding hydrogens is 1680 g/mol. The molecule has 1 aliphatic heterocycles.